The van der Waals surface area contributed by atoms with Gasteiger partial charge in [0, 0.05) is 30.0 Å². The van der Waals surface area contributed by atoms with Crippen LogP contribution in [0.15, 0.2) is 23.6 Å². The number of hydrogen-bond donors (Lipinski definition) is 2. The van der Waals surface area contributed by atoms with Gasteiger partial charge in [0.05, 0.1) is 11.6 Å². The Morgan fingerprint density at radius 1 is 1.33 bits per heavy atom. The number of nitrogens with one attached hydrogen (secondary N) is 2. The second kappa shape index (κ2) is 6.84. The highest BCUT2D eigenvalue weighted by Crippen LogP contribution is 2.41. The van der Waals surface area contributed by atoms with Crippen molar-refractivity contribution >= 4 is 28.9 Å². The Morgan fingerprint density at radius 3 is 2.78 bits per heavy atom. The number of piperazine rings is 1. The lowest BCUT2D eigenvalue weighted by Gasteiger charge is -2.36. The molecule has 2 fully saturated rings. The normalized spacial score (nSPS) is 17.3. The SMILES string of the molecule is Cc1cc(C(=O)N2CCN(C(=N)c3csc(C4CC4)n3)C(=N)C2)ccc1F. The first-order valence-electron chi connectivity index (χ1n) is 8.89. The van der Waals surface area contributed by atoms with E-state index in [2.05, 4.69) is 4.98 Å². The number of amidine groups is 2. The number of benzene rings is 1. The highest BCUT2D eigenvalue weighted by molar-refractivity contribution is 7.10. The van der Waals surface area contributed by atoms with Crippen LogP contribution >= 0.6 is 11.3 Å². The van der Waals surface area contributed by atoms with Crippen molar-refractivity contribution in [2.45, 2.75) is 25.7 Å². The molecule has 1 aromatic carbocycles. The molecule has 1 aromatic heterocycles. The molecule has 0 spiro atoms. The lowest BCUT2D eigenvalue weighted by Crippen LogP contribution is -2.54. The monoisotopic (exact) mass is 385 g/mol. The minimum Gasteiger partial charge on any atom is -0.329 e. The van der Waals surface area contributed by atoms with Crippen molar-refractivity contribution in [3.8, 4) is 0 Å². The number of carbonyl (C=O) groups excluding carboxylic acids is 1. The maximum absolute atomic E-state index is 13.4. The summed E-state index contributed by atoms with van der Waals surface area (Å²) in [6.07, 6.45) is 2.33. The number of nitrogens with zero attached hydrogens (tertiary/aromatic N) is 3. The fraction of sp³-hybridized carbons (Fsp3) is 0.368. The van der Waals surface area contributed by atoms with Crippen LogP contribution in [0.2, 0.25) is 0 Å². The number of amides is 1. The Morgan fingerprint density at radius 2 is 2.11 bits per heavy atom. The number of aryl methyl sites for hydroxylation is 1. The molecule has 4 rings (SSSR count). The Kier molecular flexibility index (Phi) is 4.51. The van der Waals surface area contributed by atoms with Gasteiger partial charge >= 0.3 is 0 Å². The van der Waals surface area contributed by atoms with Gasteiger partial charge in [-0.3, -0.25) is 15.6 Å². The van der Waals surface area contributed by atoms with Crippen LogP contribution in [0.4, 0.5) is 4.39 Å². The molecule has 1 saturated heterocycles. The third kappa shape index (κ3) is 3.49. The molecule has 6 nitrogen and oxygen atoms in total. The number of hydrogen-bond acceptors (Lipinski definition) is 5. The van der Waals surface area contributed by atoms with E-state index in [1.807, 2.05) is 5.38 Å². The molecule has 2 aliphatic rings. The van der Waals surface area contributed by atoms with Crippen molar-refractivity contribution in [1.29, 1.82) is 10.8 Å². The van der Waals surface area contributed by atoms with E-state index in [0.29, 0.717) is 35.8 Å². The summed E-state index contributed by atoms with van der Waals surface area (Å²) in [6.45, 7) is 2.52. The van der Waals surface area contributed by atoms with Gasteiger partial charge in [-0.25, -0.2) is 9.37 Å². The van der Waals surface area contributed by atoms with Crippen LogP contribution in [0.25, 0.3) is 0 Å². The first kappa shape index (κ1) is 17.8. The molecule has 0 radical (unpaired) electrons. The van der Waals surface area contributed by atoms with Crippen molar-refractivity contribution in [3.05, 3.63) is 51.2 Å². The van der Waals surface area contributed by atoms with Crippen LogP contribution in [-0.4, -0.2) is 52.0 Å². The van der Waals surface area contributed by atoms with Crippen LogP contribution < -0.4 is 0 Å². The maximum atomic E-state index is 13.4. The summed E-state index contributed by atoms with van der Waals surface area (Å²) in [5, 5.41) is 19.6. The summed E-state index contributed by atoms with van der Waals surface area (Å²) in [5.74, 6) is 0.391. The Hall–Kier alpha value is -2.61. The second-order valence-corrected chi connectivity index (χ2v) is 7.87. The molecule has 2 heterocycles. The van der Waals surface area contributed by atoms with E-state index < -0.39 is 0 Å². The van der Waals surface area contributed by atoms with Gasteiger partial charge in [0.15, 0.2) is 5.84 Å². The number of halogens is 1. The molecular weight excluding hydrogens is 365 g/mol. The van der Waals surface area contributed by atoms with Gasteiger partial charge < -0.3 is 9.80 Å². The van der Waals surface area contributed by atoms with E-state index in [1.54, 1.807) is 28.1 Å². The van der Waals surface area contributed by atoms with Gasteiger partial charge in [-0.05, 0) is 43.5 Å². The molecule has 140 valence electrons. The highest BCUT2D eigenvalue weighted by atomic mass is 32.1. The zero-order chi connectivity index (χ0) is 19.1. The molecular formula is C19H20FN5OS. The molecule has 0 atom stereocenters. The topological polar surface area (TPSA) is 84.1 Å². The van der Waals surface area contributed by atoms with Gasteiger partial charge in [-0.15, -0.1) is 11.3 Å². The van der Waals surface area contributed by atoms with Crippen molar-refractivity contribution in [1.82, 2.24) is 14.8 Å². The van der Waals surface area contributed by atoms with Crippen LogP contribution in [0.1, 0.15) is 45.4 Å². The van der Waals surface area contributed by atoms with Crippen molar-refractivity contribution in [3.63, 3.8) is 0 Å². The number of rotatable bonds is 3. The molecule has 1 amide bonds. The quantitative estimate of drug-likeness (QED) is 0.628. The summed E-state index contributed by atoms with van der Waals surface area (Å²) in [6, 6.07) is 4.29. The predicted octanol–water partition coefficient (Wildman–Crippen LogP) is 3.23. The molecule has 2 N–H and O–H groups in total. The van der Waals surface area contributed by atoms with Crippen molar-refractivity contribution < 1.29 is 9.18 Å². The van der Waals surface area contributed by atoms with Gasteiger partial charge in [0.1, 0.15) is 17.3 Å². The van der Waals surface area contributed by atoms with Crippen molar-refractivity contribution in [2.24, 2.45) is 0 Å². The molecule has 1 aliphatic carbocycles. The average molecular weight is 385 g/mol. The molecule has 2 aromatic rings. The zero-order valence-corrected chi connectivity index (χ0v) is 15.8. The van der Waals surface area contributed by atoms with E-state index in [1.165, 1.54) is 31.0 Å². The van der Waals surface area contributed by atoms with Crippen molar-refractivity contribution in [2.75, 3.05) is 19.6 Å². The molecule has 0 unspecified atom stereocenters. The third-order valence-electron chi connectivity index (χ3n) is 4.91. The molecule has 1 saturated carbocycles. The van der Waals surface area contributed by atoms with E-state index in [4.69, 9.17) is 10.8 Å². The Bertz CT molecular complexity index is 936. The molecule has 0 bridgehead atoms. The standard InChI is InChI=1S/C19H20FN5OS/c1-11-8-13(4-5-14(11)20)19(26)24-6-7-25(16(21)9-24)17(22)15-10-27-18(23-15)12-2-3-12/h4-5,8,10,12,21-22H,2-3,6-7,9H2,1H3. The van der Waals surface area contributed by atoms with E-state index >= 15 is 0 Å². The third-order valence-corrected chi connectivity index (χ3v) is 5.92. The minimum atomic E-state index is -0.341. The maximum Gasteiger partial charge on any atom is 0.254 e. The summed E-state index contributed by atoms with van der Waals surface area (Å²) in [5.41, 5.74) is 1.44. The molecule has 8 heteroatoms. The number of carbonyl (C=O) groups is 1. The fourth-order valence-corrected chi connectivity index (χ4v) is 4.11. The summed E-state index contributed by atoms with van der Waals surface area (Å²) >= 11 is 1.57. The summed E-state index contributed by atoms with van der Waals surface area (Å²) in [4.78, 5) is 20.4. The van der Waals surface area contributed by atoms with Gasteiger partial charge in [0.2, 0.25) is 0 Å². The summed E-state index contributed by atoms with van der Waals surface area (Å²) < 4.78 is 13.4. The van der Waals surface area contributed by atoms with Crippen LogP contribution in [0.3, 0.4) is 0 Å². The summed E-state index contributed by atoms with van der Waals surface area (Å²) in [7, 11) is 0. The Balaban J connectivity index is 1.43. The first-order chi connectivity index (χ1) is 12.9. The van der Waals surface area contributed by atoms with Gasteiger partial charge in [-0.2, -0.15) is 0 Å². The minimum absolute atomic E-state index is 0.122. The van der Waals surface area contributed by atoms with E-state index in [-0.39, 0.29) is 29.9 Å². The van der Waals surface area contributed by atoms with Gasteiger partial charge in [0.25, 0.3) is 5.91 Å². The lowest BCUT2D eigenvalue weighted by atomic mass is 10.1. The molecule has 1 aliphatic heterocycles. The largest absolute Gasteiger partial charge is 0.329 e. The van der Waals surface area contributed by atoms with Gasteiger partial charge in [-0.1, -0.05) is 0 Å². The van der Waals surface area contributed by atoms with Crippen LogP contribution in [0.5, 0.6) is 0 Å². The number of aromatic nitrogens is 1. The highest BCUT2D eigenvalue weighted by Gasteiger charge is 2.31. The Labute approximate surface area is 160 Å². The smallest absolute Gasteiger partial charge is 0.254 e. The van der Waals surface area contributed by atoms with E-state index in [0.717, 1.165) is 5.01 Å². The fourth-order valence-electron chi connectivity index (χ4n) is 3.13. The average Bonchev–Trinajstić information content (AvgIpc) is 3.39. The van der Waals surface area contributed by atoms with E-state index in [9.17, 15) is 9.18 Å². The predicted molar refractivity (Wildman–Crippen MR) is 102 cm³/mol. The van der Waals surface area contributed by atoms with Crippen LogP contribution in [-0.2, 0) is 0 Å². The van der Waals surface area contributed by atoms with Crippen LogP contribution in [0, 0.1) is 23.6 Å². The zero-order valence-electron chi connectivity index (χ0n) is 15.0. The lowest BCUT2D eigenvalue weighted by molar-refractivity contribution is 0.0757. The second-order valence-electron chi connectivity index (χ2n) is 6.98. The number of thiazole rings is 1. The first-order valence-corrected chi connectivity index (χ1v) is 9.76. The molecule has 27 heavy (non-hydrogen) atoms.